The summed E-state index contributed by atoms with van der Waals surface area (Å²) in [5, 5.41) is 17.9. The lowest BCUT2D eigenvalue weighted by Gasteiger charge is -2.19. The maximum Gasteiger partial charge on any atom is 0.270 e. The lowest BCUT2D eigenvalue weighted by atomic mass is 10.1. The van der Waals surface area contributed by atoms with E-state index in [1.54, 1.807) is 12.1 Å². The van der Waals surface area contributed by atoms with Gasteiger partial charge in [0, 0.05) is 36.2 Å². The first kappa shape index (κ1) is 15.1. The van der Waals surface area contributed by atoms with Gasteiger partial charge in [-0.2, -0.15) is 4.98 Å². The minimum absolute atomic E-state index is 0.00764. The van der Waals surface area contributed by atoms with Crippen molar-refractivity contribution in [3.63, 3.8) is 0 Å². The fourth-order valence-corrected chi connectivity index (χ4v) is 1.78. The molecule has 112 valence electrons. The lowest BCUT2D eigenvalue weighted by molar-refractivity contribution is -0.384. The zero-order valence-electron chi connectivity index (χ0n) is 12.3. The third-order valence-corrected chi connectivity index (χ3v) is 2.78. The monoisotopic (exact) mass is 290 g/mol. The molecule has 7 heteroatoms. The molecule has 2 rings (SSSR count). The Bertz CT molecular complexity index is 631. The quantitative estimate of drug-likeness (QED) is 0.671. The minimum Gasteiger partial charge on any atom is -0.339 e. The molecule has 1 aromatic carbocycles. The van der Waals surface area contributed by atoms with Crippen LogP contribution < -0.4 is 5.32 Å². The van der Waals surface area contributed by atoms with Crippen molar-refractivity contribution >= 4 is 5.69 Å². The van der Waals surface area contributed by atoms with Crippen LogP contribution >= 0.6 is 0 Å². The van der Waals surface area contributed by atoms with E-state index in [9.17, 15) is 10.1 Å². The van der Waals surface area contributed by atoms with Gasteiger partial charge in [0.1, 0.15) is 0 Å². The van der Waals surface area contributed by atoms with Crippen LogP contribution in [0.5, 0.6) is 0 Å². The molecule has 7 nitrogen and oxygen atoms in total. The van der Waals surface area contributed by atoms with Gasteiger partial charge in [-0.15, -0.1) is 0 Å². The third kappa shape index (κ3) is 4.35. The summed E-state index contributed by atoms with van der Waals surface area (Å²) in [6, 6.07) is 6.18. The molecule has 0 aliphatic carbocycles. The molecular formula is C14H18N4O3. The van der Waals surface area contributed by atoms with Crippen molar-refractivity contribution in [2.45, 2.75) is 32.7 Å². The summed E-state index contributed by atoms with van der Waals surface area (Å²) in [6.45, 7) is 6.96. The van der Waals surface area contributed by atoms with E-state index in [2.05, 4.69) is 36.2 Å². The van der Waals surface area contributed by atoms with Crippen LogP contribution in [0.15, 0.2) is 28.8 Å². The summed E-state index contributed by atoms with van der Waals surface area (Å²) in [5.41, 5.74) is 0.610. The summed E-state index contributed by atoms with van der Waals surface area (Å²) in [7, 11) is 0. The first-order valence-corrected chi connectivity index (χ1v) is 6.67. The van der Waals surface area contributed by atoms with E-state index in [-0.39, 0.29) is 11.2 Å². The van der Waals surface area contributed by atoms with Crippen molar-refractivity contribution in [1.82, 2.24) is 15.5 Å². The van der Waals surface area contributed by atoms with Gasteiger partial charge in [-0.25, -0.2) is 0 Å². The molecule has 0 radical (unpaired) electrons. The topological polar surface area (TPSA) is 94.1 Å². The fourth-order valence-electron chi connectivity index (χ4n) is 1.78. The van der Waals surface area contributed by atoms with E-state index in [1.165, 1.54) is 12.1 Å². The van der Waals surface area contributed by atoms with Crippen molar-refractivity contribution in [2.75, 3.05) is 6.54 Å². The largest absolute Gasteiger partial charge is 0.339 e. The highest BCUT2D eigenvalue weighted by Gasteiger charge is 2.13. The number of nitrogens with zero attached hydrogens (tertiary/aromatic N) is 3. The summed E-state index contributed by atoms with van der Waals surface area (Å²) >= 11 is 0. The number of nitro benzene ring substituents is 1. The molecule has 1 N–H and O–H groups in total. The molecule has 0 atom stereocenters. The van der Waals surface area contributed by atoms with Crippen molar-refractivity contribution in [1.29, 1.82) is 0 Å². The molecule has 2 aromatic rings. The van der Waals surface area contributed by atoms with Crippen LogP contribution in [0.2, 0.25) is 0 Å². The molecule has 1 heterocycles. The molecule has 0 unspecified atom stereocenters. The highest BCUT2D eigenvalue weighted by molar-refractivity contribution is 5.58. The number of nitro groups is 1. The van der Waals surface area contributed by atoms with Gasteiger partial charge in [0.15, 0.2) is 0 Å². The second-order valence-corrected chi connectivity index (χ2v) is 5.75. The minimum atomic E-state index is -0.447. The predicted octanol–water partition coefficient (Wildman–Crippen LogP) is 2.58. The lowest BCUT2D eigenvalue weighted by Crippen LogP contribution is -2.37. The Morgan fingerprint density at radius 3 is 2.81 bits per heavy atom. The van der Waals surface area contributed by atoms with Gasteiger partial charge in [-0.3, -0.25) is 10.1 Å². The molecule has 0 amide bonds. The Balaban J connectivity index is 2.06. The van der Waals surface area contributed by atoms with Crippen LogP contribution in [-0.4, -0.2) is 27.1 Å². The van der Waals surface area contributed by atoms with Crippen molar-refractivity contribution in [3.05, 3.63) is 40.3 Å². The van der Waals surface area contributed by atoms with Crippen molar-refractivity contribution in [2.24, 2.45) is 0 Å². The number of benzene rings is 1. The number of hydrogen-bond donors (Lipinski definition) is 1. The van der Waals surface area contributed by atoms with Gasteiger partial charge < -0.3 is 9.84 Å². The Hall–Kier alpha value is -2.28. The fraction of sp³-hybridized carbons (Fsp3) is 0.429. The van der Waals surface area contributed by atoms with E-state index in [1.807, 2.05) is 0 Å². The second kappa shape index (κ2) is 6.01. The average Bonchev–Trinajstić information content (AvgIpc) is 2.86. The Morgan fingerprint density at radius 1 is 1.38 bits per heavy atom. The standard InChI is InChI=1S/C14H18N4O3/c1-14(2,3)15-8-7-12-16-13(17-21-12)10-5-4-6-11(9-10)18(19)20/h4-6,9,15H,7-8H2,1-3H3. The average molecular weight is 290 g/mol. The maximum absolute atomic E-state index is 10.8. The number of rotatable bonds is 5. The SMILES string of the molecule is CC(C)(C)NCCc1nc(-c2cccc([N+](=O)[O-])c2)no1. The molecule has 0 fully saturated rings. The van der Waals surface area contributed by atoms with Gasteiger partial charge in [-0.05, 0) is 20.8 Å². The smallest absolute Gasteiger partial charge is 0.270 e. The van der Waals surface area contributed by atoms with Gasteiger partial charge in [0.25, 0.3) is 5.69 Å². The molecule has 1 aromatic heterocycles. The molecule has 0 bridgehead atoms. The highest BCUT2D eigenvalue weighted by atomic mass is 16.6. The summed E-state index contributed by atoms with van der Waals surface area (Å²) in [4.78, 5) is 14.6. The van der Waals surface area contributed by atoms with Gasteiger partial charge >= 0.3 is 0 Å². The summed E-state index contributed by atoms with van der Waals surface area (Å²) < 4.78 is 5.16. The highest BCUT2D eigenvalue weighted by Crippen LogP contribution is 2.21. The molecule has 21 heavy (non-hydrogen) atoms. The van der Waals surface area contributed by atoms with Crippen LogP contribution in [0.1, 0.15) is 26.7 Å². The van der Waals surface area contributed by atoms with E-state index in [4.69, 9.17) is 4.52 Å². The summed E-state index contributed by atoms with van der Waals surface area (Å²) in [6.07, 6.45) is 0.610. The van der Waals surface area contributed by atoms with E-state index >= 15 is 0 Å². The number of non-ortho nitro benzene ring substituents is 1. The van der Waals surface area contributed by atoms with Gasteiger partial charge in [0.2, 0.25) is 11.7 Å². The number of aromatic nitrogens is 2. The Kier molecular flexibility index (Phi) is 4.32. The molecule has 0 aliphatic rings. The van der Waals surface area contributed by atoms with E-state index in [0.717, 1.165) is 6.54 Å². The van der Waals surface area contributed by atoms with Gasteiger partial charge in [0.05, 0.1) is 4.92 Å². The number of hydrogen-bond acceptors (Lipinski definition) is 6. The van der Waals surface area contributed by atoms with Crippen LogP contribution in [0.3, 0.4) is 0 Å². The first-order valence-electron chi connectivity index (χ1n) is 6.67. The predicted molar refractivity (Wildman–Crippen MR) is 77.8 cm³/mol. The van der Waals surface area contributed by atoms with Crippen molar-refractivity contribution in [3.8, 4) is 11.4 Å². The molecule has 0 aliphatic heterocycles. The normalized spacial score (nSPS) is 11.6. The van der Waals surface area contributed by atoms with Crippen molar-refractivity contribution < 1.29 is 9.45 Å². The molecule has 0 saturated carbocycles. The van der Waals surface area contributed by atoms with Crippen LogP contribution in [0, 0.1) is 10.1 Å². The zero-order chi connectivity index (χ0) is 15.5. The van der Waals surface area contributed by atoms with E-state index in [0.29, 0.717) is 23.7 Å². The van der Waals surface area contributed by atoms with Gasteiger partial charge in [-0.1, -0.05) is 17.3 Å². The Morgan fingerprint density at radius 2 is 2.14 bits per heavy atom. The van der Waals surface area contributed by atoms with Crippen LogP contribution in [0.4, 0.5) is 5.69 Å². The molecular weight excluding hydrogens is 272 g/mol. The summed E-state index contributed by atoms with van der Waals surface area (Å²) in [5.74, 6) is 0.873. The zero-order valence-corrected chi connectivity index (χ0v) is 12.3. The first-order chi connectivity index (χ1) is 9.85. The number of nitrogens with one attached hydrogen (secondary N) is 1. The third-order valence-electron chi connectivity index (χ3n) is 2.78. The Labute approximate surface area is 122 Å². The van der Waals surface area contributed by atoms with Crippen LogP contribution in [-0.2, 0) is 6.42 Å². The maximum atomic E-state index is 10.8. The molecule has 0 saturated heterocycles. The van der Waals surface area contributed by atoms with E-state index < -0.39 is 4.92 Å². The second-order valence-electron chi connectivity index (χ2n) is 5.75. The molecule has 0 spiro atoms. The van der Waals surface area contributed by atoms with Crippen LogP contribution in [0.25, 0.3) is 11.4 Å².